The van der Waals surface area contributed by atoms with Gasteiger partial charge in [0.25, 0.3) is 11.8 Å². The summed E-state index contributed by atoms with van der Waals surface area (Å²) in [5.74, 6) is -0.0530. The van der Waals surface area contributed by atoms with Crippen LogP contribution in [-0.4, -0.2) is 43.1 Å². The lowest BCUT2D eigenvalue weighted by atomic mass is 10.1. The third-order valence-electron chi connectivity index (χ3n) is 6.25. The molecule has 0 bridgehead atoms. The zero-order chi connectivity index (χ0) is 31.1. The predicted octanol–water partition coefficient (Wildman–Crippen LogP) is 7.08. The van der Waals surface area contributed by atoms with Crippen molar-refractivity contribution in [1.29, 1.82) is 0 Å². The van der Waals surface area contributed by atoms with Gasteiger partial charge in [0.2, 0.25) is 0 Å². The molecule has 1 heterocycles. The number of rotatable bonds is 12. The van der Waals surface area contributed by atoms with E-state index in [1.807, 2.05) is 13.8 Å². The molecule has 4 amide bonds. The normalized spacial score (nSPS) is 14.1. The Morgan fingerprint density at radius 1 is 0.860 bits per heavy atom. The zero-order valence-corrected chi connectivity index (χ0v) is 25.9. The molecule has 0 spiro atoms. The van der Waals surface area contributed by atoms with Crippen molar-refractivity contribution >= 4 is 58.7 Å². The number of nitrogens with zero attached hydrogens (tertiary/aromatic N) is 1. The quantitative estimate of drug-likeness (QED) is 0.165. The van der Waals surface area contributed by atoms with Crippen LogP contribution >= 0.6 is 34.8 Å². The summed E-state index contributed by atoms with van der Waals surface area (Å²) in [6.45, 7) is 4.74. The lowest BCUT2D eigenvalue weighted by molar-refractivity contribution is -0.130. The minimum absolute atomic E-state index is 0.0845. The van der Waals surface area contributed by atoms with Crippen LogP contribution < -0.4 is 24.3 Å². The number of hydrogen-bond acceptors (Lipinski definition) is 7. The van der Waals surface area contributed by atoms with E-state index in [0.717, 1.165) is 11.3 Å². The second-order valence-electron chi connectivity index (χ2n) is 9.33. The number of hydrogen-bond donors (Lipinski definition) is 1. The van der Waals surface area contributed by atoms with Crippen LogP contribution in [0.4, 0.5) is 4.79 Å². The number of carbonyl (C=O) groups is 3. The molecule has 12 heteroatoms. The molecule has 3 aromatic rings. The number of benzene rings is 3. The van der Waals surface area contributed by atoms with Crippen molar-refractivity contribution in [2.24, 2.45) is 0 Å². The maximum absolute atomic E-state index is 13.4. The Hall–Kier alpha value is -3.92. The topological polar surface area (TPSA) is 103 Å². The van der Waals surface area contributed by atoms with Gasteiger partial charge in [-0.3, -0.25) is 19.8 Å². The molecule has 1 saturated heterocycles. The molecule has 226 valence electrons. The summed E-state index contributed by atoms with van der Waals surface area (Å²) in [5.41, 5.74) is 1.41. The molecule has 0 saturated carbocycles. The summed E-state index contributed by atoms with van der Waals surface area (Å²) in [5, 5.41) is 3.32. The zero-order valence-electron chi connectivity index (χ0n) is 23.7. The van der Waals surface area contributed by atoms with E-state index >= 15 is 0 Å². The van der Waals surface area contributed by atoms with Gasteiger partial charge in [-0.2, -0.15) is 0 Å². The van der Waals surface area contributed by atoms with Gasteiger partial charge in [-0.15, -0.1) is 0 Å². The summed E-state index contributed by atoms with van der Waals surface area (Å²) >= 11 is 18.7. The monoisotopic (exact) mass is 646 g/mol. The van der Waals surface area contributed by atoms with E-state index in [-0.39, 0.29) is 35.2 Å². The minimum Gasteiger partial charge on any atom is -0.493 e. The molecule has 0 atom stereocenters. The Morgan fingerprint density at radius 2 is 1.65 bits per heavy atom. The second kappa shape index (κ2) is 14.5. The second-order valence-corrected chi connectivity index (χ2v) is 10.6. The number of imide groups is 2. The average molecular weight is 648 g/mol. The van der Waals surface area contributed by atoms with Gasteiger partial charge in [0.15, 0.2) is 23.0 Å². The number of methoxy groups -OCH3 is 1. The Kier molecular flexibility index (Phi) is 10.8. The first-order chi connectivity index (χ1) is 20.6. The third-order valence-corrected chi connectivity index (χ3v) is 7.11. The predicted molar refractivity (Wildman–Crippen MR) is 164 cm³/mol. The van der Waals surface area contributed by atoms with Crippen LogP contribution in [0, 0.1) is 0 Å². The van der Waals surface area contributed by atoms with Crippen molar-refractivity contribution in [2.45, 2.75) is 33.4 Å². The van der Waals surface area contributed by atoms with E-state index in [1.54, 1.807) is 42.5 Å². The Balaban J connectivity index is 1.57. The lowest BCUT2D eigenvalue weighted by Crippen LogP contribution is -2.53. The fourth-order valence-electron chi connectivity index (χ4n) is 4.19. The maximum Gasteiger partial charge on any atom is 0.331 e. The third kappa shape index (κ3) is 7.73. The highest BCUT2D eigenvalue weighted by atomic mass is 35.5. The van der Waals surface area contributed by atoms with Crippen LogP contribution in [0.15, 0.2) is 54.1 Å². The summed E-state index contributed by atoms with van der Waals surface area (Å²) < 4.78 is 22.8. The molecule has 0 radical (unpaired) electrons. The molecule has 4 rings (SSSR count). The van der Waals surface area contributed by atoms with Crippen molar-refractivity contribution < 1.29 is 33.3 Å². The molecule has 1 fully saturated rings. The molecule has 9 nitrogen and oxygen atoms in total. The number of nitrogens with one attached hydrogen (secondary N) is 1. The van der Waals surface area contributed by atoms with E-state index in [1.165, 1.54) is 19.3 Å². The summed E-state index contributed by atoms with van der Waals surface area (Å²) in [6.07, 6.45) is 2.16. The summed E-state index contributed by atoms with van der Waals surface area (Å²) in [6, 6.07) is 12.4. The number of halogens is 3. The van der Waals surface area contributed by atoms with Crippen molar-refractivity contribution in [1.82, 2.24) is 10.2 Å². The van der Waals surface area contributed by atoms with Crippen molar-refractivity contribution in [3.05, 3.63) is 85.9 Å². The SMILES string of the molecule is CCCOc1ccc(CN2C(=O)NC(=O)/C(=C\c3cc(Cl)c(OCc4ccc(Cl)cc4Cl)c(OC)c3)C2=O)cc1OCC. The van der Waals surface area contributed by atoms with E-state index in [2.05, 4.69) is 5.32 Å². The molecular formula is C31H29Cl3N2O7. The number of amides is 4. The first kappa shape index (κ1) is 32.0. The molecule has 0 aromatic heterocycles. The molecule has 0 aliphatic carbocycles. The van der Waals surface area contributed by atoms with Crippen LogP contribution in [-0.2, 0) is 22.7 Å². The number of carbonyl (C=O) groups excluding carboxylic acids is 3. The van der Waals surface area contributed by atoms with Crippen molar-refractivity contribution in [3.63, 3.8) is 0 Å². The van der Waals surface area contributed by atoms with E-state index < -0.39 is 17.8 Å². The highest BCUT2D eigenvalue weighted by molar-refractivity contribution is 6.35. The fourth-order valence-corrected chi connectivity index (χ4v) is 4.93. The van der Waals surface area contributed by atoms with Crippen LogP contribution in [0.2, 0.25) is 15.1 Å². The van der Waals surface area contributed by atoms with Crippen molar-refractivity contribution in [2.75, 3.05) is 20.3 Å². The minimum atomic E-state index is -0.836. The first-order valence-corrected chi connectivity index (χ1v) is 14.5. The molecule has 0 unspecified atom stereocenters. The number of ether oxygens (including phenoxy) is 4. The van der Waals surface area contributed by atoms with E-state index in [4.69, 9.17) is 53.8 Å². The first-order valence-electron chi connectivity index (χ1n) is 13.4. The molecule has 3 aromatic carbocycles. The molecule has 1 aliphatic heterocycles. The van der Waals surface area contributed by atoms with Gasteiger partial charge in [-0.25, -0.2) is 4.79 Å². The van der Waals surface area contributed by atoms with Crippen LogP contribution in [0.5, 0.6) is 23.0 Å². The lowest BCUT2D eigenvalue weighted by Gasteiger charge is -2.26. The maximum atomic E-state index is 13.4. The average Bonchev–Trinajstić information content (AvgIpc) is 2.97. The standard InChI is InChI=1S/C31H29Cl3N2O7/c1-4-10-42-25-9-6-18(13-26(25)41-5-2)16-36-30(38)22(29(37)35-31(36)39)11-19-12-24(34)28(27(14-19)40-3)43-17-20-7-8-21(32)15-23(20)33/h6-9,11-15H,4-5,10,16-17H2,1-3H3,(H,35,37,39)/b22-11+. The largest absolute Gasteiger partial charge is 0.493 e. The Bertz CT molecular complexity index is 1580. The Morgan fingerprint density at radius 3 is 2.35 bits per heavy atom. The molecular weight excluding hydrogens is 619 g/mol. The summed E-state index contributed by atoms with van der Waals surface area (Å²) in [4.78, 5) is 39.8. The molecule has 43 heavy (non-hydrogen) atoms. The van der Waals surface area contributed by atoms with Gasteiger partial charge in [-0.05, 0) is 66.9 Å². The molecule has 1 aliphatic rings. The van der Waals surface area contributed by atoms with Crippen LogP contribution in [0.3, 0.4) is 0 Å². The van der Waals surface area contributed by atoms with Gasteiger partial charge in [0.1, 0.15) is 12.2 Å². The molecule has 1 N–H and O–H groups in total. The van der Waals surface area contributed by atoms with Gasteiger partial charge >= 0.3 is 6.03 Å². The highest BCUT2D eigenvalue weighted by Crippen LogP contribution is 2.38. The highest BCUT2D eigenvalue weighted by Gasteiger charge is 2.36. The van der Waals surface area contributed by atoms with Gasteiger partial charge in [0.05, 0.1) is 31.9 Å². The number of barbiturate groups is 1. The fraction of sp³-hybridized carbons (Fsp3) is 0.258. The van der Waals surface area contributed by atoms with Crippen molar-refractivity contribution in [3.8, 4) is 23.0 Å². The van der Waals surface area contributed by atoms with Gasteiger partial charge in [-0.1, -0.05) is 53.9 Å². The van der Waals surface area contributed by atoms with Crippen LogP contribution in [0.25, 0.3) is 6.08 Å². The van der Waals surface area contributed by atoms with Crippen LogP contribution in [0.1, 0.15) is 37.0 Å². The smallest absolute Gasteiger partial charge is 0.331 e. The van der Waals surface area contributed by atoms with E-state index in [0.29, 0.717) is 51.4 Å². The van der Waals surface area contributed by atoms with Gasteiger partial charge in [0, 0.05) is 15.6 Å². The van der Waals surface area contributed by atoms with E-state index in [9.17, 15) is 14.4 Å². The number of urea groups is 1. The summed E-state index contributed by atoms with van der Waals surface area (Å²) in [7, 11) is 1.43. The Labute approximate surface area is 264 Å². The van der Waals surface area contributed by atoms with Gasteiger partial charge < -0.3 is 18.9 Å².